The van der Waals surface area contributed by atoms with Crippen LogP contribution in [0.3, 0.4) is 0 Å². The SMILES string of the molecule is COc1ccc(Oc2cncc(Oc3ccc(OC)cc3)c2C=O)cc1. The number of methoxy groups -OCH3 is 2. The molecule has 3 rings (SSSR count). The van der Waals surface area contributed by atoms with Crippen molar-refractivity contribution in [1.82, 2.24) is 4.98 Å². The first-order chi connectivity index (χ1) is 12.7. The molecule has 2 aromatic carbocycles. The number of carbonyl (C=O) groups excluding carboxylic acids is 1. The monoisotopic (exact) mass is 351 g/mol. The minimum Gasteiger partial charge on any atom is -0.497 e. The van der Waals surface area contributed by atoms with Gasteiger partial charge in [0, 0.05) is 0 Å². The number of hydrogen-bond acceptors (Lipinski definition) is 6. The molecule has 0 saturated carbocycles. The van der Waals surface area contributed by atoms with E-state index in [0.29, 0.717) is 40.8 Å². The van der Waals surface area contributed by atoms with Gasteiger partial charge in [0.05, 0.1) is 26.6 Å². The Labute approximate surface area is 150 Å². The van der Waals surface area contributed by atoms with Crippen LogP contribution >= 0.6 is 0 Å². The Hall–Kier alpha value is -3.54. The van der Waals surface area contributed by atoms with E-state index in [2.05, 4.69) is 4.98 Å². The van der Waals surface area contributed by atoms with Crippen molar-refractivity contribution in [2.75, 3.05) is 14.2 Å². The molecular weight excluding hydrogens is 334 g/mol. The van der Waals surface area contributed by atoms with Crippen molar-refractivity contribution in [3.63, 3.8) is 0 Å². The Morgan fingerprint density at radius 2 is 1.08 bits per heavy atom. The predicted octanol–water partition coefficient (Wildman–Crippen LogP) is 4.50. The first-order valence-corrected chi connectivity index (χ1v) is 7.80. The Morgan fingerprint density at radius 3 is 1.42 bits per heavy atom. The highest BCUT2D eigenvalue weighted by atomic mass is 16.5. The van der Waals surface area contributed by atoms with E-state index in [9.17, 15) is 4.79 Å². The number of hydrogen-bond donors (Lipinski definition) is 0. The molecule has 0 aliphatic carbocycles. The zero-order valence-corrected chi connectivity index (χ0v) is 14.3. The lowest BCUT2D eigenvalue weighted by Gasteiger charge is -2.12. The molecule has 0 spiro atoms. The van der Waals surface area contributed by atoms with Gasteiger partial charge in [-0.3, -0.25) is 9.78 Å². The Bertz CT molecular complexity index is 808. The van der Waals surface area contributed by atoms with Crippen molar-refractivity contribution in [3.8, 4) is 34.5 Å². The number of nitrogens with zero attached hydrogens (tertiary/aromatic N) is 1. The molecule has 0 aliphatic rings. The second kappa shape index (κ2) is 8.02. The summed E-state index contributed by atoms with van der Waals surface area (Å²) in [6.45, 7) is 0. The van der Waals surface area contributed by atoms with Crippen molar-refractivity contribution in [2.45, 2.75) is 0 Å². The molecule has 26 heavy (non-hydrogen) atoms. The third-order valence-corrected chi connectivity index (χ3v) is 3.61. The largest absolute Gasteiger partial charge is 0.497 e. The fourth-order valence-electron chi connectivity index (χ4n) is 2.25. The Balaban J connectivity index is 1.84. The number of ether oxygens (including phenoxy) is 4. The number of aromatic nitrogens is 1. The van der Waals surface area contributed by atoms with E-state index >= 15 is 0 Å². The van der Waals surface area contributed by atoms with Gasteiger partial charge in [-0.25, -0.2) is 0 Å². The average molecular weight is 351 g/mol. The molecule has 0 saturated heterocycles. The lowest BCUT2D eigenvalue weighted by molar-refractivity contribution is 0.111. The molecule has 1 aromatic heterocycles. The molecule has 0 aliphatic heterocycles. The summed E-state index contributed by atoms with van der Waals surface area (Å²) in [5.41, 5.74) is 0.270. The molecule has 0 N–H and O–H groups in total. The molecule has 0 radical (unpaired) electrons. The summed E-state index contributed by atoms with van der Waals surface area (Å²) in [7, 11) is 3.18. The third-order valence-electron chi connectivity index (χ3n) is 3.61. The van der Waals surface area contributed by atoms with E-state index in [1.807, 2.05) is 0 Å². The van der Waals surface area contributed by atoms with Crippen LogP contribution in [0.15, 0.2) is 60.9 Å². The van der Waals surface area contributed by atoms with E-state index in [1.165, 1.54) is 12.4 Å². The highest BCUT2D eigenvalue weighted by molar-refractivity contribution is 5.83. The normalized spacial score (nSPS) is 10.1. The summed E-state index contributed by atoms with van der Waals surface area (Å²) < 4.78 is 21.8. The van der Waals surface area contributed by atoms with Gasteiger partial charge >= 0.3 is 0 Å². The summed E-state index contributed by atoms with van der Waals surface area (Å²) >= 11 is 0. The first kappa shape index (κ1) is 17.3. The van der Waals surface area contributed by atoms with Crippen LogP contribution in [-0.4, -0.2) is 25.5 Å². The predicted molar refractivity (Wildman–Crippen MR) is 95.8 cm³/mol. The van der Waals surface area contributed by atoms with Gasteiger partial charge in [-0.1, -0.05) is 0 Å². The Kier molecular flexibility index (Phi) is 5.34. The molecule has 0 fully saturated rings. The number of aldehydes is 1. The number of pyridine rings is 1. The fourth-order valence-corrected chi connectivity index (χ4v) is 2.25. The molecule has 0 unspecified atom stereocenters. The van der Waals surface area contributed by atoms with Crippen LogP contribution in [0.4, 0.5) is 0 Å². The van der Waals surface area contributed by atoms with Crippen LogP contribution in [0.1, 0.15) is 10.4 Å². The quantitative estimate of drug-likeness (QED) is 0.584. The maximum absolute atomic E-state index is 11.6. The van der Waals surface area contributed by atoms with E-state index in [0.717, 1.165) is 0 Å². The molecule has 6 nitrogen and oxygen atoms in total. The molecule has 6 heteroatoms. The summed E-state index contributed by atoms with van der Waals surface area (Å²) in [6, 6.07) is 14.0. The van der Waals surface area contributed by atoms with E-state index < -0.39 is 0 Å². The van der Waals surface area contributed by atoms with Crippen LogP contribution in [0, 0.1) is 0 Å². The molecule has 132 valence electrons. The molecule has 1 heterocycles. The van der Waals surface area contributed by atoms with Gasteiger partial charge in [0.15, 0.2) is 17.8 Å². The van der Waals surface area contributed by atoms with Gasteiger partial charge in [-0.05, 0) is 48.5 Å². The summed E-state index contributed by atoms with van der Waals surface area (Å²) in [6.07, 6.45) is 3.61. The van der Waals surface area contributed by atoms with Crippen molar-refractivity contribution < 1.29 is 23.7 Å². The molecule has 0 bridgehead atoms. The van der Waals surface area contributed by atoms with Crippen molar-refractivity contribution >= 4 is 6.29 Å². The maximum atomic E-state index is 11.6. The number of benzene rings is 2. The summed E-state index contributed by atoms with van der Waals surface area (Å²) in [4.78, 5) is 15.7. The van der Waals surface area contributed by atoms with E-state index in [4.69, 9.17) is 18.9 Å². The van der Waals surface area contributed by atoms with Crippen LogP contribution in [0.5, 0.6) is 34.5 Å². The average Bonchev–Trinajstić information content (AvgIpc) is 2.69. The molecule has 0 amide bonds. The second-order valence-electron chi connectivity index (χ2n) is 5.22. The van der Waals surface area contributed by atoms with Crippen LogP contribution in [0.25, 0.3) is 0 Å². The van der Waals surface area contributed by atoms with Gasteiger partial charge in [-0.2, -0.15) is 0 Å². The molecule has 0 atom stereocenters. The van der Waals surface area contributed by atoms with Gasteiger partial charge in [0.25, 0.3) is 0 Å². The molecular formula is C20H17NO5. The number of carbonyl (C=O) groups is 1. The van der Waals surface area contributed by atoms with Crippen LogP contribution in [0.2, 0.25) is 0 Å². The topological polar surface area (TPSA) is 66.9 Å². The second-order valence-corrected chi connectivity index (χ2v) is 5.22. The third kappa shape index (κ3) is 3.92. The number of rotatable bonds is 7. The highest BCUT2D eigenvalue weighted by Crippen LogP contribution is 2.33. The van der Waals surface area contributed by atoms with Gasteiger partial charge in [-0.15, -0.1) is 0 Å². The van der Waals surface area contributed by atoms with E-state index in [1.54, 1.807) is 62.8 Å². The Morgan fingerprint density at radius 1 is 0.692 bits per heavy atom. The lowest BCUT2D eigenvalue weighted by Crippen LogP contribution is -1.96. The minimum atomic E-state index is 0.270. The zero-order valence-electron chi connectivity index (χ0n) is 14.3. The lowest BCUT2D eigenvalue weighted by atomic mass is 10.2. The van der Waals surface area contributed by atoms with Gasteiger partial charge in [0.1, 0.15) is 28.6 Å². The summed E-state index contributed by atoms with van der Waals surface area (Å²) in [5.74, 6) is 3.13. The van der Waals surface area contributed by atoms with Crippen LogP contribution < -0.4 is 18.9 Å². The first-order valence-electron chi connectivity index (χ1n) is 7.80. The van der Waals surface area contributed by atoms with Crippen LogP contribution in [-0.2, 0) is 0 Å². The minimum absolute atomic E-state index is 0.270. The zero-order chi connectivity index (χ0) is 18.4. The van der Waals surface area contributed by atoms with Crippen molar-refractivity contribution in [3.05, 3.63) is 66.5 Å². The van der Waals surface area contributed by atoms with Crippen molar-refractivity contribution in [2.24, 2.45) is 0 Å². The standard InChI is InChI=1S/C20H17NO5/c1-23-14-3-7-16(8-4-14)25-19-11-21-12-20(18(19)13-22)26-17-9-5-15(24-2)6-10-17/h3-13H,1-2H3. The fraction of sp³-hybridized carbons (Fsp3) is 0.100. The van der Waals surface area contributed by atoms with Gasteiger partial charge < -0.3 is 18.9 Å². The molecule has 3 aromatic rings. The highest BCUT2D eigenvalue weighted by Gasteiger charge is 2.13. The summed E-state index contributed by atoms with van der Waals surface area (Å²) in [5, 5.41) is 0. The van der Waals surface area contributed by atoms with E-state index in [-0.39, 0.29) is 5.56 Å². The smallest absolute Gasteiger partial charge is 0.159 e. The van der Waals surface area contributed by atoms with Gasteiger partial charge in [0.2, 0.25) is 0 Å². The van der Waals surface area contributed by atoms with Crippen molar-refractivity contribution in [1.29, 1.82) is 0 Å². The maximum Gasteiger partial charge on any atom is 0.159 e.